The second kappa shape index (κ2) is 6.97. The van der Waals surface area contributed by atoms with E-state index >= 15 is 0 Å². The van der Waals surface area contributed by atoms with E-state index in [1.807, 2.05) is 0 Å². The van der Waals surface area contributed by atoms with Crippen LogP contribution in [0.1, 0.15) is 31.9 Å². The molecule has 2 rings (SSSR count). The van der Waals surface area contributed by atoms with E-state index in [-0.39, 0.29) is 11.9 Å². The zero-order chi connectivity index (χ0) is 16.3. The third-order valence-electron chi connectivity index (χ3n) is 4.00. The molecule has 0 spiro atoms. The number of aryl methyl sites for hydroxylation is 1. The summed E-state index contributed by atoms with van der Waals surface area (Å²) in [4.78, 5) is 14.1. The molecule has 1 amide bonds. The van der Waals surface area contributed by atoms with Crippen molar-refractivity contribution in [1.82, 2.24) is 14.8 Å². The van der Waals surface area contributed by atoms with Gasteiger partial charge in [0.15, 0.2) is 0 Å². The Kier molecular flexibility index (Phi) is 5.24. The summed E-state index contributed by atoms with van der Waals surface area (Å²) in [6.07, 6.45) is 2.75. The average molecular weight is 301 g/mol. The molecule has 1 heterocycles. The highest BCUT2D eigenvalue weighted by Crippen LogP contribution is 2.28. The number of fused-ring (bicyclic) bond motifs is 1. The normalized spacial score (nSPS) is 13.0. The number of nitrogens with zero attached hydrogens (tertiary/aromatic N) is 2. The summed E-state index contributed by atoms with van der Waals surface area (Å²) in [6.45, 7) is 4.76. The SMILES string of the molecule is CC(C)CC(=O)NCC(c1cn(C)c2ccccc12)N(C)C. The van der Waals surface area contributed by atoms with Crippen LogP contribution in [0.15, 0.2) is 30.5 Å². The average Bonchev–Trinajstić information content (AvgIpc) is 2.76. The highest BCUT2D eigenvalue weighted by atomic mass is 16.1. The third kappa shape index (κ3) is 3.69. The number of para-hydroxylation sites is 1. The number of nitrogens with one attached hydrogen (secondary N) is 1. The van der Waals surface area contributed by atoms with Crippen molar-refractivity contribution in [2.24, 2.45) is 13.0 Å². The molecule has 1 aromatic heterocycles. The quantitative estimate of drug-likeness (QED) is 0.890. The minimum atomic E-state index is 0.127. The first-order valence-corrected chi connectivity index (χ1v) is 7.87. The Morgan fingerprint density at radius 2 is 1.95 bits per heavy atom. The first-order chi connectivity index (χ1) is 10.4. The summed E-state index contributed by atoms with van der Waals surface area (Å²) >= 11 is 0. The number of likely N-dealkylation sites (N-methyl/N-ethyl adjacent to an activating group) is 1. The molecule has 1 aromatic carbocycles. The summed E-state index contributed by atoms with van der Waals surface area (Å²) < 4.78 is 2.15. The predicted octanol–water partition coefficient (Wildman–Crippen LogP) is 2.94. The Morgan fingerprint density at radius 3 is 2.59 bits per heavy atom. The van der Waals surface area contributed by atoms with E-state index in [9.17, 15) is 4.79 Å². The van der Waals surface area contributed by atoms with Crippen LogP contribution in [0.5, 0.6) is 0 Å². The van der Waals surface area contributed by atoms with Gasteiger partial charge in [0.2, 0.25) is 5.91 Å². The van der Waals surface area contributed by atoms with E-state index in [1.54, 1.807) is 0 Å². The molecule has 0 aliphatic heterocycles. The van der Waals surface area contributed by atoms with Crippen molar-refractivity contribution < 1.29 is 4.79 Å². The first-order valence-electron chi connectivity index (χ1n) is 7.87. The molecule has 2 aromatic rings. The molecule has 120 valence electrons. The lowest BCUT2D eigenvalue weighted by Gasteiger charge is -2.24. The van der Waals surface area contributed by atoms with Gasteiger partial charge in [0, 0.05) is 37.1 Å². The first kappa shape index (κ1) is 16.6. The van der Waals surface area contributed by atoms with Gasteiger partial charge >= 0.3 is 0 Å². The van der Waals surface area contributed by atoms with Crippen molar-refractivity contribution in [2.45, 2.75) is 26.3 Å². The van der Waals surface area contributed by atoms with Crippen molar-refractivity contribution in [1.29, 1.82) is 0 Å². The maximum atomic E-state index is 11.9. The highest BCUT2D eigenvalue weighted by Gasteiger charge is 2.20. The van der Waals surface area contributed by atoms with Gasteiger partial charge in [-0.25, -0.2) is 0 Å². The van der Waals surface area contributed by atoms with Gasteiger partial charge in [-0.05, 0) is 31.6 Å². The van der Waals surface area contributed by atoms with Crippen molar-refractivity contribution in [2.75, 3.05) is 20.6 Å². The molecule has 0 bridgehead atoms. The molecule has 1 atom stereocenters. The predicted molar refractivity (Wildman–Crippen MR) is 91.8 cm³/mol. The molecule has 0 saturated heterocycles. The van der Waals surface area contributed by atoms with Crippen molar-refractivity contribution >= 4 is 16.8 Å². The third-order valence-corrected chi connectivity index (χ3v) is 4.00. The van der Waals surface area contributed by atoms with Gasteiger partial charge in [-0.15, -0.1) is 0 Å². The van der Waals surface area contributed by atoms with E-state index < -0.39 is 0 Å². The smallest absolute Gasteiger partial charge is 0.220 e. The number of amides is 1. The highest BCUT2D eigenvalue weighted by molar-refractivity contribution is 5.84. The maximum absolute atomic E-state index is 11.9. The maximum Gasteiger partial charge on any atom is 0.220 e. The van der Waals surface area contributed by atoms with Crippen molar-refractivity contribution in [3.8, 4) is 0 Å². The standard InChI is InChI=1S/C18H27N3O/c1-13(2)10-18(22)19-11-17(20(3)4)15-12-21(5)16-9-7-6-8-14(15)16/h6-9,12-13,17H,10-11H2,1-5H3,(H,19,22). The Balaban J connectivity index is 2.22. The molecular formula is C18H27N3O. The van der Waals surface area contributed by atoms with Crippen LogP contribution in [-0.2, 0) is 11.8 Å². The van der Waals surface area contributed by atoms with Crippen molar-refractivity contribution in [3.05, 3.63) is 36.0 Å². The molecule has 0 saturated carbocycles. The summed E-state index contributed by atoms with van der Waals surface area (Å²) in [6, 6.07) is 8.57. The van der Waals surface area contributed by atoms with Crippen LogP contribution >= 0.6 is 0 Å². The number of benzene rings is 1. The van der Waals surface area contributed by atoms with E-state index in [0.717, 1.165) is 0 Å². The number of carbonyl (C=O) groups excluding carboxylic acids is 1. The lowest BCUT2D eigenvalue weighted by Crippen LogP contribution is -2.34. The zero-order valence-corrected chi connectivity index (χ0v) is 14.3. The summed E-state index contributed by atoms with van der Waals surface area (Å²) in [5.41, 5.74) is 2.48. The second-order valence-corrected chi connectivity index (χ2v) is 6.59. The molecule has 4 nitrogen and oxygen atoms in total. The molecule has 1 unspecified atom stereocenters. The van der Waals surface area contributed by atoms with E-state index in [1.165, 1.54) is 16.5 Å². The number of carbonyl (C=O) groups is 1. The van der Waals surface area contributed by atoms with Crippen LogP contribution in [0.25, 0.3) is 10.9 Å². The van der Waals surface area contributed by atoms with Gasteiger partial charge in [-0.3, -0.25) is 4.79 Å². The van der Waals surface area contributed by atoms with Gasteiger partial charge in [0.1, 0.15) is 0 Å². The van der Waals surface area contributed by atoms with Gasteiger partial charge in [0.25, 0.3) is 0 Å². The van der Waals surface area contributed by atoms with Crippen LogP contribution in [0.4, 0.5) is 0 Å². The molecule has 0 aliphatic rings. The van der Waals surface area contributed by atoms with Crippen LogP contribution in [0, 0.1) is 5.92 Å². The minimum absolute atomic E-state index is 0.127. The number of hydrogen-bond donors (Lipinski definition) is 1. The molecule has 4 heteroatoms. The monoisotopic (exact) mass is 301 g/mol. The van der Waals surface area contributed by atoms with Gasteiger partial charge < -0.3 is 14.8 Å². The fourth-order valence-electron chi connectivity index (χ4n) is 2.86. The van der Waals surface area contributed by atoms with Gasteiger partial charge in [-0.2, -0.15) is 0 Å². The van der Waals surface area contributed by atoms with Gasteiger partial charge in [-0.1, -0.05) is 32.0 Å². The van der Waals surface area contributed by atoms with Crippen LogP contribution in [-0.4, -0.2) is 36.0 Å². The molecule has 22 heavy (non-hydrogen) atoms. The largest absolute Gasteiger partial charge is 0.354 e. The molecule has 0 fully saturated rings. The van der Waals surface area contributed by atoms with E-state index in [4.69, 9.17) is 0 Å². The minimum Gasteiger partial charge on any atom is -0.354 e. The van der Waals surface area contributed by atoms with Gasteiger partial charge in [0.05, 0.1) is 6.04 Å². The molecule has 0 radical (unpaired) electrons. The summed E-state index contributed by atoms with van der Waals surface area (Å²) in [5, 5.41) is 4.33. The number of hydrogen-bond acceptors (Lipinski definition) is 2. The second-order valence-electron chi connectivity index (χ2n) is 6.59. The molecule has 1 N–H and O–H groups in total. The fraction of sp³-hybridized carbons (Fsp3) is 0.500. The lowest BCUT2D eigenvalue weighted by atomic mass is 10.0. The number of rotatable bonds is 6. The van der Waals surface area contributed by atoms with Crippen LogP contribution in [0.3, 0.4) is 0 Å². The molecular weight excluding hydrogens is 274 g/mol. The fourth-order valence-corrected chi connectivity index (χ4v) is 2.86. The van der Waals surface area contributed by atoms with E-state index in [2.05, 4.69) is 80.2 Å². The Labute approximate surface area is 133 Å². The summed E-state index contributed by atoms with van der Waals surface area (Å²) in [7, 11) is 6.18. The topological polar surface area (TPSA) is 37.3 Å². The van der Waals surface area contributed by atoms with Crippen molar-refractivity contribution in [3.63, 3.8) is 0 Å². The summed E-state index contributed by atoms with van der Waals surface area (Å²) in [5.74, 6) is 0.512. The Bertz CT molecular complexity index is 643. The Hall–Kier alpha value is -1.81. The Morgan fingerprint density at radius 1 is 1.27 bits per heavy atom. The van der Waals surface area contributed by atoms with Crippen LogP contribution in [0.2, 0.25) is 0 Å². The van der Waals surface area contributed by atoms with E-state index in [0.29, 0.717) is 18.9 Å². The van der Waals surface area contributed by atoms with Crippen LogP contribution < -0.4 is 5.32 Å². The lowest BCUT2D eigenvalue weighted by molar-refractivity contribution is -0.122. The number of aromatic nitrogens is 1. The molecule has 0 aliphatic carbocycles. The zero-order valence-electron chi connectivity index (χ0n) is 14.3.